The number of hydrogen-bond acceptors (Lipinski definition) is 0. The van der Waals surface area contributed by atoms with E-state index in [1.165, 1.54) is 62.9 Å². The summed E-state index contributed by atoms with van der Waals surface area (Å²) < 4.78 is 4.79. The number of aromatic nitrogens is 2. The molecule has 0 unspecified atom stereocenters. The van der Waals surface area contributed by atoms with Crippen LogP contribution in [0.15, 0.2) is 42.7 Å². The molecule has 0 saturated heterocycles. The summed E-state index contributed by atoms with van der Waals surface area (Å²) >= 11 is 0. The average Bonchev–Trinajstić information content (AvgIpc) is 3.02. The summed E-state index contributed by atoms with van der Waals surface area (Å²) in [5, 5.41) is 0. The first-order chi connectivity index (χ1) is 11.7. The van der Waals surface area contributed by atoms with E-state index in [9.17, 15) is 0 Å². The number of benzene rings is 1. The van der Waals surface area contributed by atoms with Crippen molar-refractivity contribution in [2.45, 2.75) is 84.6 Å². The molecule has 24 heavy (non-hydrogen) atoms. The fourth-order valence-electron chi connectivity index (χ4n) is 3.40. The van der Waals surface area contributed by atoms with Crippen molar-refractivity contribution in [1.29, 1.82) is 0 Å². The molecule has 0 atom stereocenters. The maximum absolute atomic E-state index is 2.42. The first-order valence-electron chi connectivity index (χ1n) is 9.90. The second-order valence-corrected chi connectivity index (χ2v) is 7.15. The smallest absolute Gasteiger partial charge is 0.232 e. The molecule has 1 aromatic heterocycles. The fraction of sp³-hybridized carbons (Fsp3) is 0.591. The molecule has 132 valence electrons. The molecule has 0 radical (unpaired) electrons. The standard InChI is InChI=1S/C22H35N2/c1-4-5-6-7-8-9-10-14-17-22-23(20(2)3)18-19-24(22)21-15-12-11-13-16-21/h11-13,15-16,18-20H,4-10,14,17H2,1-3H3/q+1. The third-order valence-electron chi connectivity index (χ3n) is 4.80. The van der Waals surface area contributed by atoms with Crippen molar-refractivity contribution in [2.75, 3.05) is 0 Å². The molecule has 0 saturated carbocycles. The molecule has 2 nitrogen and oxygen atoms in total. The predicted octanol–water partition coefficient (Wildman–Crippen LogP) is 6.03. The van der Waals surface area contributed by atoms with Gasteiger partial charge < -0.3 is 0 Å². The van der Waals surface area contributed by atoms with Gasteiger partial charge in [0.25, 0.3) is 5.82 Å². The van der Waals surface area contributed by atoms with E-state index in [1.807, 2.05) is 0 Å². The summed E-state index contributed by atoms with van der Waals surface area (Å²) in [5.41, 5.74) is 1.27. The van der Waals surface area contributed by atoms with Crippen LogP contribution in [0.2, 0.25) is 0 Å². The number of imidazole rings is 1. The third kappa shape index (κ3) is 5.51. The first kappa shape index (κ1) is 18.8. The van der Waals surface area contributed by atoms with Gasteiger partial charge in [0, 0.05) is 6.42 Å². The van der Waals surface area contributed by atoms with E-state index >= 15 is 0 Å². The van der Waals surface area contributed by atoms with Gasteiger partial charge in [-0.25, -0.2) is 4.57 Å². The van der Waals surface area contributed by atoms with Gasteiger partial charge in [-0.15, -0.1) is 0 Å². The molecule has 2 rings (SSSR count). The van der Waals surface area contributed by atoms with Crippen molar-refractivity contribution in [3.63, 3.8) is 0 Å². The lowest BCUT2D eigenvalue weighted by atomic mass is 10.1. The molecule has 0 aliphatic heterocycles. The lowest BCUT2D eigenvalue weighted by Gasteiger charge is -2.08. The maximum Gasteiger partial charge on any atom is 0.261 e. The van der Waals surface area contributed by atoms with Crippen molar-refractivity contribution in [2.24, 2.45) is 0 Å². The molecule has 0 fully saturated rings. The van der Waals surface area contributed by atoms with Crippen molar-refractivity contribution >= 4 is 0 Å². The van der Waals surface area contributed by atoms with E-state index < -0.39 is 0 Å². The summed E-state index contributed by atoms with van der Waals surface area (Å²) in [7, 11) is 0. The Morgan fingerprint density at radius 1 is 0.875 bits per heavy atom. The molecular formula is C22H35N2+. The van der Waals surface area contributed by atoms with Crippen LogP contribution in [-0.2, 0) is 6.42 Å². The molecule has 0 spiro atoms. The van der Waals surface area contributed by atoms with E-state index in [4.69, 9.17) is 0 Å². The molecule has 2 heteroatoms. The summed E-state index contributed by atoms with van der Waals surface area (Å²) in [6, 6.07) is 11.2. The molecule has 0 aliphatic rings. The monoisotopic (exact) mass is 327 g/mol. The van der Waals surface area contributed by atoms with Gasteiger partial charge >= 0.3 is 0 Å². The molecule has 0 bridgehead atoms. The van der Waals surface area contributed by atoms with E-state index in [0.29, 0.717) is 6.04 Å². The lowest BCUT2D eigenvalue weighted by Crippen LogP contribution is -2.39. The summed E-state index contributed by atoms with van der Waals surface area (Å²) in [6.45, 7) is 6.82. The highest BCUT2D eigenvalue weighted by molar-refractivity contribution is 5.31. The van der Waals surface area contributed by atoms with Crippen molar-refractivity contribution in [3.8, 4) is 5.69 Å². The Morgan fingerprint density at radius 2 is 1.50 bits per heavy atom. The predicted molar refractivity (Wildman–Crippen MR) is 103 cm³/mol. The molecular weight excluding hydrogens is 292 g/mol. The van der Waals surface area contributed by atoms with Crippen LogP contribution in [0.1, 0.15) is 84.0 Å². The highest BCUT2D eigenvalue weighted by Crippen LogP contribution is 2.15. The van der Waals surface area contributed by atoms with E-state index in [0.717, 1.165) is 6.42 Å². The van der Waals surface area contributed by atoms with Gasteiger partial charge in [-0.3, -0.25) is 0 Å². The Hall–Kier alpha value is -1.57. The lowest BCUT2D eigenvalue weighted by molar-refractivity contribution is -0.722. The van der Waals surface area contributed by atoms with Gasteiger partial charge in [0.15, 0.2) is 0 Å². The quantitative estimate of drug-likeness (QED) is 0.352. The Labute approximate surface area is 148 Å². The Morgan fingerprint density at radius 3 is 2.12 bits per heavy atom. The van der Waals surface area contributed by atoms with Gasteiger partial charge in [-0.05, 0) is 32.4 Å². The summed E-state index contributed by atoms with van der Waals surface area (Å²) in [6.07, 6.45) is 16.6. The minimum absolute atomic E-state index is 0.513. The van der Waals surface area contributed by atoms with Gasteiger partial charge in [0.1, 0.15) is 18.1 Å². The van der Waals surface area contributed by atoms with Crippen LogP contribution >= 0.6 is 0 Å². The highest BCUT2D eigenvalue weighted by atomic mass is 15.2. The van der Waals surface area contributed by atoms with Gasteiger partial charge in [0.05, 0.1) is 6.04 Å². The number of para-hydroxylation sites is 1. The molecule has 1 aromatic carbocycles. The van der Waals surface area contributed by atoms with Crippen LogP contribution in [0.5, 0.6) is 0 Å². The van der Waals surface area contributed by atoms with Gasteiger partial charge in [-0.1, -0.05) is 70.1 Å². The summed E-state index contributed by atoms with van der Waals surface area (Å²) in [5.74, 6) is 1.43. The SMILES string of the molecule is CCCCCCCCCCc1n(-c2ccccc2)cc[n+]1C(C)C. The van der Waals surface area contributed by atoms with Gasteiger partial charge in [-0.2, -0.15) is 4.57 Å². The van der Waals surface area contributed by atoms with E-state index in [1.54, 1.807) is 0 Å². The molecule has 1 heterocycles. The number of hydrogen-bond donors (Lipinski definition) is 0. The number of rotatable bonds is 11. The minimum atomic E-state index is 0.513. The Bertz CT molecular complexity index is 569. The zero-order chi connectivity index (χ0) is 17.2. The molecule has 0 amide bonds. The third-order valence-corrected chi connectivity index (χ3v) is 4.80. The van der Waals surface area contributed by atoms with Crippen molar-refractivity contribution in [1.82, 2.24) is 4.57 Å². The maximum atomic E-state index is 2.42. The topological polar surface area (TPSA) is 8.81 Å². The molecule has 0 aliphatic carbocycles. The normalized spacial score (nSPS) is 11.3. The second kappa shape index (κ2) is 10.3. The number of nitrogens with zero attached hydrogens (tertiary/aromatic N) is 2. The Kier molecular flexibility index (Phi) is 8.07. The van der Waals surface area contributed by atoms with Crippen LogP contribution in [0.4, 0.5) is 0 Å². The zero-order valence-electron chi connectivity index (χ0n) is 15.9. The van der Waals surface area contributed by atoms with Crippen LogP contribution in [-0.4, -0.2) is 4.57 Å². The first-order valence-corrected chi connectivity index (χ1v) is 9.90. The number of unbranched alkanes of at least 4 members (excludes halogenated alkanes) is 7. The summed E-state index contributed by atoms with van der Waals surface area (Å²) in [4.78, 5) is 0. The fourth-order valence-corrected chi connectivity index (χ4v) is 3.40. The molecule has 0 N–H and O–H groups in total. The average molecular weight is 328 g/mol. The minimum Gasteiger partial charge on any atom is -0.232 e. The van der Waals surface area contributed by atoms with Gasteiger partial charge in [0.2, 0.25) is 0 Å². The zero-order valence-corrected chi connectivity index (χ0v) is 15.9. The van der Waals surface area contributed by atoms with Crippen molar-refractivity contribution < 1.29 is 4.57 Å². The van der Waals surface area contributed by atoms with E-state index in [2.05, 4.69) is 72.6 Å². The Balaban J connectivity index is 1.90. The largest absolute Gasteiger partial charge is 0.261 e. The van der Waals surface area contributed by atoms with Crippen molar-refractivity contribution in [3.05, 3.63) is 48.5 Å². The van der Waals surface area contributed by atoms with Crippen LogP contribution in [0, 0.1) is 0 Å². The highest BCUT2D eigenvalue weighted by Gasteiger charge is 2.20. The van der Waals surface area contributed by atoms with Crippen LogP contribution in [0.3, 0.4) is 0 Å². The molecule has 2 aromatic rings. The van der Waals surface area contributed by atoms with Crippen LogP contribution in [0.25, 0.3) is 5.69 Å². The second-order valence-electron chi connectivity index (χ2n) is 7.15. The van der Waals surface area contributed by atoms with Crippen LogP contribution < -0.4 is 4.57 Å². The van der Waals surface area contributed by atoms with E-state index in [-0.39, 0.29) is 0 Å².